The van der Waals surface area contributed by atoms with Crippen LogP contribution in [0.15, 0.2) is 6.07 Å². The zero-order valence-electron chi connectivity index (χ0n) is 13.0. The van der Waals surface area contributed by atoms with Gasteiger partial charge in [0.25, 0.3) is 0 Å². The number of fused-ring (bicyclic) bond motifs is 1. The van der Waals surface area contributed by atoms with Crippen LogP contribution in [0.3, 0.4) is 0 Å². The highest BCUT2D eigenvalue weighted by atomic mass is 32.1. The lowest BCUT2D eigenvalue weighted by molar-refractivity contribution is 0.679. The highest BCUT2D eigenvalue weighted by molar-refractivity contribution is 7.18. The molecule has 112 valence electrons. The minimum absolute atomic E-state index is 0.283. The molecular weight excluding hydrogens is 282 g/mol. The summed E-state index contributed by atoms with van der Waals surface area (Å²) in [6, 6.07) is 4.63. The van der Waals surface area contributed by atoms with Gasteiger partial charge in [0.05, 0.1) is 17.9 Å². The van der Waals surface area contributed by atoms with Crippen molar-refractivity contribution in [3.8, 4) is 6.07 Å². The fourth-order valence-corrected chi connectivity index (χ4v) is 3.14. The Morgan fingerprint density at radius 1 is 1.43 bits per heavy atom. The Morgan fingerprint density at radius 3 is 2.81 bits per heavy atom. The Kier molecular flexibility index (Phi) is 4.97. The van der Waals surface area contributed by atoms with E-state index in [1.54, 1.807) is 11.3 Å². The summed E-state index contributed by atoms with van der Waals surface area (Å²) in [6.07, 6.45) is 0.489. The summed E-state index contributed by atoms with van der Waals surface area (Å²) in [5.74, 6) is 1.58. The highest BCUT2D eigenvalue weighted by Crippen LogP contribution is 2.32. The van der Waals surface area contributed by atoms with Gasteiger partial charge in [-0.3, -0.25) is 0 Å². The van der Waals surface area contributed by atoms with Gasteiger partial charge >= 0.3 is 0 Å². The van der Waals surface area contributed by atoms with Gasteiger partial charge in [-0.1, -0.05) is 0 Å². The third-order valence-electron chi connectivity index (χ3n) is 3.19. The van der Waals surface area contributed by atoms with Crippen LogP contribution in [-0.2, 0) is 0 Å². The maximum absolute atomic E-state index is 8.88. The molecule has 0 bridgehead atoms. The highest BCUT2D eigenvalue weighted by Gasteiger charge is 2.18. The number of rotatable bonds is 6. The number of hydrogen-bond acceptors (Lipinski definition) is 6. The SMILES string of the molecule is CCNc1nc(N(CCC#N)C(C)C)c2cc(C)sc2n1. The summed E-state index contributed by atoms with van der Waals surface area (Å²) in [5.41, 5.74) is 0. The van der Waals surface area contributed by atoms with Crippen molar-refractivity contribution in [3.05, 3.63) is 10.9 Å². The number of nitrogens with zero attached hydrogens (tertiary/aromatic N) is 4. The van der Waals surface area contributed by atoms with Gasteiger partial charge in [0.1, 0.15) is 10.6 Å². The summed E-state index contributed by atoms with van der Waals surface area (Å²) in [6.45, 7) is 9.83. The van der Waals surface area contributed by atoms with Crippen molar-refractivity contribution in [3.63, 3.8) is 0 Å². The molecule has 0 radical (unpaired) electrons. The molecule has 0 aliphatic carbocycles. The van der Waals surface area contributed by atoms with Crippen molar-refractivity contribution in [2.45, 2.75) is 40.2 Å². The van der Waals surface area contributed by atoms with E-state index < -0.39 is 0 Å². The largest absolute Gasteiger partial charge is 0.354 e. The Balaban J connectivity index is 2.54. The van der Waals surface area contributed by atoms with Crippen molar-refractivity contribution in [1.82, 2.24) is 9.97 Å². The van der Waals surface area contributed by atoms with E-state index in [-0.39, 0.29) is 6.04 Å². The lowest BCUT2D eigenvalue weighted by atomic mass is 10.2. The van der Waals surface area contributed by atoms with Gasteiger partial charge in [-0.25, -0.2) is 4.98 Å². The number of aromatic nitrogens is 2. The van der Waals surface area contributed by atoms with Gasteiger partial charge in [0.15, 0.2) is 0 Å². The number of nitriles is 1. The van der Waals surface area contributed by atoms with Crippen LogP contribution in [0.4, 0.5) is 11.8 Å². The quantitative estimate of drug-likeness (QED) is 0.884. The maximum atomic E-state index is 8.88. The fraction of sp³-hybridized carbons (Fsp3) is 0.533. The van der Waals surface area contributed by atoms with E-state index in [2.05, 4.69) is 53.1 Å². The van der Waals surface area contributed by atoms with Gasteiger partial charge in [0.2, 0.25) is 5.95 Å². The molecule has 0 aromatic carbocycles. The third kappa shape index (κ3) is 3.42. The third-order valence-corrected chi connectivity index (χ3v) is 4.13. The zero-order chi connectivity index (χ0) is 15.4. The molecule has 21 heavy (non-hydrogen) atoms. The van der Waals surface area contributed by atoms with Crippen LogP contribution in [0.2, 0.25) is 0 Å². The fourth-order valence-electron chi connectivity index (χ4n) is 2.26. The molecule has 0 aliphatic rings. The molecule has 0 atom stereocenters. The topological polar surface area (TPSA) is 64.8 Å². The van der Waals surface area contributed by atoms with Crippen LogP contribution in [0.25, 0.3) is 10.2 Å². The summed E-state index contributed by atoms with van der Waals surface area (Å²) in [7, 11) is 0. The van der Waals surface area contributed by atoms with Gasteiger partial charge in [-0.15, -0.1) is 11.3 Å². The first-order valence-electron chi connectivity index (χ1n) is 7.22. The minimum Gasteiger partial charge on any atom is -0.354 e. The standard InChI is InChI=1S/C15H21N5S/c1-5-17-15-18-13(20(10(2)3)8-6-7-16)12-9-11(4)21-14(12)19-15/h9-10H,5-6,8H2,1-4H3,(H,17,18,19). The normalized spacial score (nSPS) is 10.9. The molecule has 2 heterocycles. The first-order chi connectivity index (χ1) is 10.1. The molecule has 0 saturated heterocycles. The van der Waals surface area contributed by atoms with E-state index in [9.17, 15) is 0 Å². The molecule has 0 saturated carbocycles. The molecule has 2 aromatic heterocycles. The molecule has 6 heteroatoms. The Bertz CT molecular complexity index is 656. The number of anilines is 2. The zero-order valence-corrected chi connectivity index (χ0v) is 13.8. The Hall–Kier alpha value is -1.87. The maximum Gasteiger partial charge on any atom is 0.226 e. The van der Waals surface area contributed by atoms with E-state index in [0.717, 1.165) is 22.6 Å². The van der Waals surface area contributed by atoms with Gasteiger partial charge in [-0.05, 0) is 33.8 Å². The summed E-state index contributed by atoms with van der Waals surface area (Å²) in [5, 5.41) is 13.1. The van der Waals surface area contributed by atoms with Crippen LogP contribution in [0, 0.1) is 18.3 Å². The van der Waals surface area contributed by atoms with Crippen LogP contribution in [-0.4, -0.2) is 29.1 Å². The number of hydrogen-bond donors (Lipinski definition) is 1. The van der Waals surface area contributed by atoms with E-state index in [1.807, 2.05) is 6.92 Å². The van der Waals surface area contributed by atoms with Gasteiger partial charge in [0, 0.05) is 24.0 Å². The first-order valence-corrected chi connectivity index (χ1v) is 8.04. The Labute approximate surface area is 129 Å². The second-order valence-electron chi connectivity index (χ2n) is 5.17. The molecule has 0 spiro atoms. The van der Waals surface area contributed by atoms with Crippen molar-refractivity contribution in [1.29, 1.82) is 5.26 Å². The second-order valence-corrected chi connectivity index (χ2v) is 6.41. The minimum atomic E-state index is 0.283. The smallest absolute Gasteiger partial charge is 0.226 e. The predicted molar refractivity (Wildman–Crippen MR) is 89.0 cm³/mol. The van der Waals surface area contributed by atoms with Crippen molar-refractivity contribution >= 4 is 33.3 Å². The van der Waals surface area contributed by atoms with E-state index in [1.165, 1.54) is 4.88 Å². The van der Waals surface area contributed by atoms with Gasteiger partial charge < -0.3 is 10.2 Å². The van der Waals surface area contributed by atoms with Crippen molar-refractivity contribution in [2.24, 2.45) is 0 Å². The number of nitrogens with one attached hydrogen (secondary N) is 1. The van der Waals surface area contributed by atoms with Crippen LogP contribution < -0.4 is 10.2 Å². The lowest BCUT2D eigenvalue weighted by Crippen LogP contribution is -2.32. The number of thiophene rings is 1. The van der Waals surface area contributed by atoms with Crippen molar-refractivity contribution < 1.29 is 0 Å². The average Bonchev–Trinajstić information content (AvgIpc) is 2.79. The molecule has 2 aromatic rings. The van der Waals surface area contributed by atoms with Crippen LogP contribution >= 0.6 is 11.3 Å². The van der Waals surface area contributed by atoms with E-state index in [4.69, 9.17) is 5.26 Å². The van der Waals surface area contributed by atoms with E-state index >= 15 is 0 Å². The molecular formula is C15H21N5S. The van der Waals surface area contributed by atoms with E-state index in [0.29, 0.717) is 18.9 Å². The van der Waals surface area contributed by atoms with Crippen LogP contribution in [0.5, 0.6) is 0 Å². The van der Waals surface area contributed by atoms with Crippen LogP contribution in [0.1, 0.15) is 32.1 Å². The first kappa shape index (κ1) is 15.5. The molecule has 0 fully saturated rings. The van der Waals surface area contributed by atoms with Crippen molar-refractivity contribution in [2.75, 3.05) is 23.3 Å². The molecule has 2 rings (SSSR count). The summed E-state index contributed by atoms with van der Waals surface area (Å²) < 4.78 is 0. The molecule has 1 N–H and O–H groups in total. The number of aryl methyl sites for hydroxylation is 1. The Morgan fingerprint density at radius 2 is 2.19 bits per heavy atom. The van der Waals surface area contributed by atoms with Gasteiger partial charge in [-0.2, -0.15) is 10.2 Å². The predicted octanol–water partition coefficient (Wildman–Crippen LogP) is 3.56. The molecule has 0 unspecified atom stereocenters. The summed E-state index contributed by atoms with van der Waals surface area (Å²) in [4.78, 5) is 13.7. The average molecular weight is 303 g/mol. The summed E-state index contributed by atoms with van der Waals surface area (Å²) >= 11 is 1.68. The monoisotopic (exact) mass is 303 g/mol. The molecule has 5 nitrogen and oxygen atoms in total. The second kappa shape index (κ2) is 6.72. The molecule has 0 amide bonds. The lowest BCUT2D eigenvalue weighted by Gasteiger charge is -2.27. The molecule has 0 aliphatic heterocycles.